The van der Waals surface area contributed by atoms with Crippen molar-refractivity contribution in [3.8, 4) is 10.7 Å². The van der Waals surface area contributed by atoms with E-state index in [1.54, 1.807) is 24.0 Å². The van der Waals surface area contributed by atoms with Crippen LogP contribution >= 0.6 is 11.3 Å². The average molecular weight is 267 g/mol. The third-order valence-corrected chi connectivity index (χ3v) is 3.86. The first-order valence-electron chi connectivity index (χ1n) is 5.43. The predicted molar refractivity (Wildman–Crippen MR) is 65.2 cm³/mol. The Morgan fingerprint density at radius 2 is 2.22 bits per heavy atom. The molecule has 2 heterocycles. The molecule has 1 N–H and O–H groups in total. The van der Waals surface area contributed by atoms with E-state index in [0.29, 0.717) is 5.82 Å². The van der Waals surface area contributed by atoms with Crippen molar-refractivity contribution >= 4 is 17.3 Å². The lowest BCUT2D eigenvalue weighted by molar-refractivity contribution is -0.142. The summed E-state index contributed by atoms with van der Waals surface area (Å²) in [5.41, 5.74) is 2.56. The molecule has 2 aromatic rings. The molecule has 7 nitrogen and oxygen atoms in total. The monoisotopic (exact) mass is 267 g/mol. The van der Waals surface area contributed by atoms with E-state index in [2.05, 4.69) is 20.5 Å². The number of aliphatic carboxylic acids is 1. The molecule has 0 bridgehead atoms. The first-order valence-corrected chi connectivity index (χ1v) is 6.31. The number of carboxylic acids is 1. The maximum Gasteiger partial charge on any atom is 0.308 e. The lowest BCUT2D eigenvalue weighted by Gasteiger charge is -2.16. The molecule has 0 saturated heterocycles. The van der Waals surface area contributed by atoms with Crippen molar-refractivity contribution in [1.29, 1.82) is 0 Å². The van der Waals surface area contributed by atoms with Gasteiger partial charge in [-0.05, 0) is 31.2 Å². The second-order valence-corrected chi connectivity index (χ2v) is 4.94. The lowest BCUT2D eigenvalue weighted by Crippen LogP contribution is -2.23. The van der Waals surface area contributed by atoms with E-state index in [9.17, 15) is 4.79 Å². The fraction of sp³-hybridized carbons (Fsp3) is 0.500. The van der Waals surface area contributed by atoms with Gasteiger partial charge in [0, 0.05) is 0 Å². The number of nitrogens with zero attached hydrogens (tertiary/aromatic N) is 5. The fourth-order valence-corrected chi connectivity index (χ4v) is 2.33. The van der Waals surface area contributed by atoms with Crippen molar-refractivity contribution in [3.63, 3.8) is 0 Å². The van der Waals surface area contributed by atoms with Crippen molar-refractivity contribution in [2.24, 2.45) is 5.92 Å². The first-order chi connectivity index (χ1) is 8.52. The third kappa shape index (κ3) is 2.10. The van der Waals surface area contributed by atoms with Crippen LogP contribution in [0.5, 0.6) is 0 Å². The van der Waals surface area contributed by atoms with Crippen molar-refractivity contribution < 1.29 is 9.90 Å². The van der Waals surface area contributed by atoms with Crippen LogP contribution in [0.25, 0.3) is 10.7 Å². The van der Waals surface area contributed by atoms with Crippen LogP contribution in [0.2, 0.25) is 0 Å². The summed E-state index contributed by atoms with van der Waals surface area (Å²) >= 11 is 1.44. The van der Waals surface area contributed by atoms with Crippen molar-refractivity contribution in [2.45, 2.75) is 26.8 Å². The van der Waals surface area contributed by atoms with E-state index in [-0.39, 0.29) is 6.04 Å². The number of thiazole rings is 1. The van der Waals surface area contributed by atoms with Gasteiger partial charge in [-0.15, -0.1) is 16.4 Å². The molecule has 0 aliphatic rings. The predicted octanol–water partition coefficient (Wildman–Crippen LogP) is 1.39. The maximum atomic E-state index is 11.0. The smallest absolute Gasteiger partial charge is 0.308 e. The highest BCUT2D eigenvalue weighted by molar-refractivity contribution is 7.13. The quantitative estimate of drug-likeness (QED) is 0.899. The molecule has 0 aromatic carbocycles. The molecule has 18 heavy (non-hydrogen) atoms. The highest BCUT2D eigenvalue weighted by Gasteiger charge is 2.26. The SMILES string of the molecule is Cc1ncsc1-c1nnnn1C(C)C(C)C(=O)O. The van der Waals surface area contributed by atoms with Gasteiger partial charge in [-0.25, -0.2) is 9.67 Å². The average Bonchev–Trinajstić information content (AvgIpc) is 2.94. The van der Waals surface area contributed by atoms with Crippen LogP contribution in [0.1, 0.15) is 25.6 Å². The summed E-state index contributed by atoms with van der Waals surface area (Å²) in [5, 5.41) is 20.5. The number of carboxylic acid groups (broad SMARTS) is 1. The summed E-state index contributed by atoms with van der Waals surface area (Å²) in [5.74, 6) is -0.874. The highest BCUT2D eigenvalue weighted by atomic mass is 32.1. The van der Waals surface area contributed by atoms with E-state index in [4.69, 9.17) is 5.11 Å². The number of aryl methyl sites for hydroxylation is 1. The Kier molecular flexibility index (Phi) is 3.37. The number of rotatable bonds is 4. The Labute approximate surface area is 107 Å². The fourth-order valence-electron chi connectivity index (χ4n) is 1.55. The van der Waals surface area contributed by atoms with Crippen molar-refractivity contribution in [3.05, 3.63) is 11.2 Å². The largest absolute Gasteiger partial charge is 0.481 e. The molecule has 8 heteroatoms. The second kappa shape index (κ2) is 4.81. The van der Waals surface area contributed by atoms with Gasteiger partial charge in [0.05, 0.1) is 28.0 Å². The molecule has 2 rings (SSSR count). The number of aromatic nitrogens is 5. The first kappa shape index (κ1) is 12.6. The molecule has 0 aliphatic carbocycles. The number of tetrazole rings is 1. The van der Waals surface area contributed by atoms with Gasteiger partial charge in [0.2, 0.25) is 0 Å². The molecule has 0 aliphatic heterocycles. The Hall–Kier alpha value is -1.83. The van der Waals surface area contributed by atoms with E-state index in [0.717, 1.165) is 10.6 Å². The van der Waals surface area contributed by atoms with Gasteiger partial charge in [-0.3, -0.25) is 4.79 Å². The van der Waals surface area contributed by atoms with E-state index in [1.165, 1.54) is 11.3 Å². The summed E-state index contributed by atoms with van der Waals surface area (Å²) in [7, 11) is 0. The van der Waals surface area contributed by atoms with Crippen LogP contribution < -0.4 is 0 Å². The standard InChI is InChI=1S/C10H13N5O2S/c1-5(10(16)17)7(3)15-9(12-13-14-15)8-6(2)11-4-18-8/h4-5,7H,1-3H3,(H,16,17). The summed E-state index contributed by atoms with van der Waals surface area (Å²) in [6.45, 7) is 5.29. The summed E-state index contributed by atoms with van der Waals surface area (Å²) in [6.07, 6.45) is 0. The van der Waals surface area contributed by atoms with Crippen LogP contribution in [0, 0.1) is 12.8 Å². The van der Waals surface area contributed by atoms with Gasteiger partial charge in [0.25, 0.3) is 0 Å². The Balaban J connectivity index is 2.40. The van der Waals surface area contributed by atoms with Gasteiger partial charge in [0.1, 0.15) is 0 Å². The van der Waals surface area contributed by atoms with E-state index >= 15 is 0 Å². The second-order valence-electron chi connectivity index (χ2n) is 4.08. The van der Waals surface area contributed by atoms with Crippen LogP contribution in [0.3, 0.4) is 0 Å². The Bertz CT molecular complexity index is 564. The van der Waals surface area contributed by atoms with Crippen LogP contribution in [0.15, 0.2) is 5.51 Å². The number of carbonyl (C=O) groups is 1. The molecule has 0 spiro atoms. The lowest BCUT2D eigenvalue weighted by atomic mass is 10.0. The Morgan fingerprint density at radius 3 is 2.78 bits per heavy atom. The Morgan fingerprint density at radius 1 is 1.50 bits per heavy atom. The van der Waals surface area contributed by atoms with Gasteiger partial charge in [-0.1, -0.05) is 0 Å². The van der Waals surface area contributed by atoms with Gasteiger partial charge >= 0.3 is 5.97 Å². The van der Waals surface area contributed by atoms with Crippen molar-refractivity contribution in [2.75, 3.05) is 0 Å². The molecule has 2 atom stereocenters. The summed E-state index contributed by atoms with van der Waals surface area (Å²) in [6, 6.07) is -0.325. The van der Waals surface area contributed by atoms with Crippen LogP contribution in [-0.2, 0) is 4.79 Å². The van der Waals surface area contributed by atoms with Crippen molar-refractivity contribution in [1.82, 2.24) is 25.2 Å². The minimum absolute atomic E-state index is 0.325. The van der Waals surface area contributed by atoms with Gasteiger partial charge < -0.3 is 5.11 Å². The molecule has 2 unspecified atom stereocenters. The molecular weight excluding hydrogens is 254 g/mol. The van der Waals surface area contributed by atoms with E-state index < -0.39 is 11.9 Å². The van der Waals surface area contributed by atoms with Gasteiger partial charge in [-0.2, -0.15) is 0 Å². The third-order valence-electron chi connectivity index (χ3n) is 2.94. The zero-order valence-electron chi connectivity index (χ0n) is 10.2. The molecule has 2 aromatic heterocycles. The van der Waals surface area contributed by atoms with Crippen LogP contribution in [-0.4, -0.2) is 36.3 Å². The molecule has 0 amide bonds. The van der Waals surface area contributed by atoms with Gasteiger partial charge in [0.15, 0.2) is 5.82 Å². The minimum Gasteiger partial charge on any atom is -0.481 e. The summed E-state index contributed by atoms with van der Waals surface area (Å²) in [4.78, 5) is 16.0. The zero-order chi connectivity index (χ0) is 13.3. The topological polar surface area (TPSA) is 93.8 Å². The normalized spacial score (nSPS) is 14.4. The zero-order valence-corrected chi connectivity index (χ0v) is 11.0. The maximum absolute atomic E-state index is 11.0. The van der Waals surface area contributed by atoms with E-state index in [1.807, 2.05) is 6.92 Å². The molecular formula is C10H13N5O2S. The number of hydrogen-bond acceptors (Lipinski definition) is 6. The minimum atomic E-state index is -0.870. The summed E-state index contributed by atoms with van der Waals surface area (Å²) < 4.78 is 1.54. The molecule has 96 valence electrons. The highest BCUT2D eigenvalue weighted by Crippen LogP contribution is 2.28. The molecule has 0 radical (unpaired) electrons. The number of hydrogen-bond donors (Lipinski definition) is 1. The van der Waals surface area contributed by atoms with Crippen LogP contribution in [0.4, 0.5) is 0 Å². The molecule has 0 fully saturated rings. The molecule has 0 saturated carbocycles.